The van der Waals surface area contributed by atoms with Crippen molar-refractivity contribution in [2.45, 2.75) is 45.1 Å². The zero-order chi connectivity index (χ0) is 19.0. The summed E-state index contributed by atoms with van der Waals surface area (Å²) in [7, 11) is 0.502. The molecule has 2 N–H and O–H groups in total. The van der Waals surface area contributed by atoms with Gasteiger partial charge in [0.15, 0.2) is 0 Å². The Hall–Kier alpha value is -1.51. The maximum absolute atomic E-state index is 13.2. The average molecular weight is 357 g/mol. The normalized spacial score (nSPS) is 20.0. The van der Waals surface area contributed by atoms with Crippen LogP contribution < -0.4 is 10.5 Å². The third-order valence-electron chi connectivity index (χ3n) is 4.67. The fourth-order valence-corrected chi connectivity index (χ4v) is 2.47. The third kappa shape index (κ3) is 4.02. The highest BCUT2D eigenvalue weighted by molar-refractivity contribution is 6.55. The van der Waals surface area contributed by atoms with Crippen LogP contribution in [0.3, 0.4) is 0 Å². The van der Waals surface area contributed by atoms with Gasteiger partial charge in [-0.15, -0.1) is 0 Å². The highest BCUT2D eigenvalue weighted by atomic mass is 19.4. The average Bonchev–Trinajstić information content (AvgIpc) is 2.71. The van der Waals surface area contributed by atoms with E-state index in [0.717, 1.165) is 6.07 Å². The van der Waals surface area contributed by atoms with Gasteiger partial charge in [-0.1, -0.05) is 12.1 Å². The van der Waals surface area contributed by atoms with Crippen molar-refractivity contribution in [3.05, 3.63) is 34.8 Å². The highest BCUT2D eigenvalue weighted by Crippen LogP contribution is 2.40. The molecule has 25 heavy (non-hydrogen) atoms. The summed E-state index contributed by atoms with van der Waals surface area (Å²) in [4.78, 5) is 0. The van der Waals surface area contributed by atoms with Crippen LogP contribution in [0.4, 0.5) is 13.2 Å². The Balaban J connectivity index is 2.38. The Labute approximate surface area is 146 Å². The van der Waals surface area contributed by atoms with E-state index in [1.165, 1.54) is 19.2 Å². The number of benzene rings is 1. The van der Waals surface area contributed by atoms with E-state index in [4.69, 9.17) is 19.8 Å². The van der Waals surface area contributed by atoms with Crippen molar-refractivity contribution < 1.29 is 27.2 Å². The van der Waals surface area contributed by atoms with Crippen LogP contribution in [-0.4, -0.2) is 32.0 Å². The number of nitrogens with two attached hydrogens (primary N) is 1. The van der Waals surface area contributed by atoms with E-state index in [2.05, 4.69) is 0 Å². The molecule has 1 aliphatic heterocycles. The molecular formula is C17H23BF3NO3. The van der Waals surface area contributed by atoms with Gasteiger partial charge in [-0.25, -0.2) is 0 Å². The Morgan fingerprint density at radius 1 is 1.20 bits per heavy atom. The Morgan fingerprint density at radius 3 is 2.20 bits per heavy atom. The van der Waals surface area contributed by atoms with Gasteiger partial charge in [0.05, 0.1) is 23.9 Å². The minimum atomic E-state index is -4.51. The minimum absolute atomic E-state index is 0.101. The van der Waals surface area contributed by atoms with Crippen molar-refractivity contribution in [1.82, 2.24) is 0 Å². The second-order valence-corrected chi connectivity index (χ2v) is 6.97. The molecule has 0 aromatic heterocycles. The number of alkyl halides is 3. The van der Waals surface area contributed by atoms with E-state index in [1.807, 2.05) is 27.7 Å². The summed E-state index contributed by atoms with van der Waals surface area (Å²) in [6.07, 6.45) is -2.95. The largest absolute Gasteiger partial charge is 0.496 e. The molecule has 0 amide bonds. The zero-order valence-corrected chi connectivity index (χ0v) is 15.0. The fourth-order valence-electron chi connectivity index (χ4n) is 2.47. The van der Waals surface area contributed by atoms with Crippen molar-refractivity contribution in [1.29, 1.82) is 0 Å². The number of hydrogen-bond donors (Lipinski definition) is 1. The molecular weight excluding hydrogens is 334 g/mol. The third-order valence-corrected chi connectivity index (χ3v) is 4.67. The van der Waals surface area contributed by atoms with Crippen LogP contribution >= 0.6 is 0 Å². The van der Waals surface area contributed by atoms with Crippen LogP contribution in [0.25, 0.3) is 6.08 Å². The molecule has 2 rings (SSSR count). The molecule has 0 atom stereocenters. The van der Waals surface area contributed by atoms with Gasteiger partial charge in [0.25, 0.3) is 0 Å². The maximum Gasteiger partial charge on any atom is 0.491 e. The highest BCUT2D eigenvalue weighted by Gasteiger charge is 2.52. The van der Waals surface area contributed by atoms with Gasteiger partial charge in [0.2, 0.25) is 0 Å². The van der Waals surface area contributed by atoms with Gasteiger partial charge < -0.3 is 19.8 Å². The summed E-state index contributed by atoms with van der Waals surface area (Å²) in [5.41, 5.74) is 4.76. The summed E-state index contributed by atoms with van der Waals surface area (Å²) < 4.78 is 56.1. The quantitative estimate of drug-likeness (QED) is 0.836. The molecule has 1 fully saturated rings. The number of halogens is 3. The predicted molar refractivity (Wildman–Crippen MR) is 91.1 cm³/mol. The smallest absolute Gasteiger partial charge is 0.491 e. The Morgan fingerprint density at radius 2 is 1.76 bits per heavy atom. The second kappa shape index (κ2) is 6.66. The predicted octanol–water partition coefficient (Wildman–Crippen LogP) is 3.69. The van der Waals surface area contributed by atoms with E-state index in [-0.39, 0.29) is 12.3 Å². The van der Waals surface area contributed by atoms with Crippen LogP contribution in [0.5, 0.6) is 5.75 Å². The van der Waals surface area contributed by atoms with Crippen LogP contribution in [-0.2, 0) is 15.5 Å². The number of ether oxygens (including phenoxy) is 1. The van der Waals surface area contributed by atoms with Gasteiger partial charge >= 0.3 is 13.3 Å². The first-order chi connectivity index (χ1) is 11.4. The van der Waals surface area contributed by atoms with Crippen molar-refractivity contribution in [3.8, 4) is 5.75 Å². The lowest BCUT2D eigenvalue weighted by Gasteiger charge is -2.32. The summed E-state index contributed by atoms with van der Waals surface area (Å²) in [5, 5.41) is 0. The van der Waals surface area contributed by atoms with Gasteiger partial charge in [-0.05, 0) is 50.9 Å². The summed E-state index contributed by atoms with van der Waals surface area (Å²) in [6, 6.07) is 3.85. The van der Waals surface area contributed by atoms with Crippen LogP contribution in [0.2, 0.25) is 0 Å². The first-order valence-electron chi connectivity index (χ1n) is 7.92. The lowest BCUT2D eigenvalue weighted by molar-refractivity contribution is -0.138. The summed E-state index contributed by atoms with van der Waals surface area (Å²) >= 11 is 0. The molecule has 138 valence electrons. The lowest BCUT2D eigenvalue weighted by Crippen LogP contribution is -2.41. The molecule has 8 heteroatoms. The van der Waals surface area contributed by atoms with Crippen molar-refractivity contribution in [2.24, 2.45) is 5.73 Å². The number of hydrogen-bond acceptors (Lipinski definition) is 4. The molecule has 0 bridgehead atoms. The van der Waals surface area contributed by atoms with E-state index in [9.17, 15) is 13.2 Å². The van der Waals surface area contributed by atoms with Gasteiger partial charge in [0, 0.05) is 6.54 Å². The van der Waals surface area contributed by atoms with Gasteiger partial charge in [0.1, 0.15) is 5.75 Å². The molecule has 1 aliphatic rings. The van der Waals surface area contributed by atoms with Crippen molar-refractivity contribution >= 4 is 13.2 Å². The fraction of sp³-hybridized carbons (Fsp3) is 0.529. The summed E-state index contributed by atoms with van der Waals surface area (Å²) in [6.45, 7) is 7.70. The zero-order valence-electron chi connectivity index (χ0n) is 15.0. The molecule has 4 nitrogen and oxygen atoms in total. The standard InChI is InChI=1S/C17H23BF3NO3/c1-15(2)16(3,4)25-18(24-15)12(10-22)8-11-6-7-14(23-5)13(9-11)17(19,20)21/h6-9H,10,22H2,1-5H3. The first-order valence-corrected chi connectivity index (χ1v) is 7.92. The Bertz CT molecular complexity index is 656. The van der Waals surface area contributed by atoms with Crippen LogP contribution in [0.15, 0.2) is 23.7 Å². The maximum atomic E-state index is 13.2. The van der Waals surface area contributed by atoms with Gasteiger partial charge in [-0.2, -0.15) is 13.2 Å². The minimum Gasteiger partial charge on any atom is -0.496 e. The molecule has 1 heterocycles. The topological polar surface area (TPSA) is 53.7 Å². The van der Waals surface area contributed by atoms with Crippen molar-refractivity contribution in [2.75, 3.05) is 13.7 Å². The van der Waals surface area contributed by atoms with Crippen LogP contribution in [0, 0.1) is 0 Å². The molecule has 1 aromatic rings. The van der Waals surface area contributed by atoms with E-state index in [1.54, 1.807) is 6.08 Å². The van der Waals surface area contributed by atoms with E-state index >= 15 is 0 Å². The molecule has 0 unspecified atom stereocenters. The SMILES string of the molecule is COc1ccc(C=C(CN)B2OC(C)(C)C(C)(C)O2)cc1C(F)(F)F. The monoisotopic (exact) mass is 357 g/mol. The van der Waals surface area contributed by atoms with Gasteiger partial charge in [-0.3, -0.25) is 0 Å². The Kier molecular flexibility index (Phi) is 5.28. The number of rotatable bonds is 4. The molecule has 0 spiro atoms. The van der Waals surface area contributed by atoms with Crippen molar-refractivity contribution in [3.63, 3.8) is 0 Å². The van der Waals surface area contributed by atoms with Crippen LogP contribution in [0.1, 0.15) is 38.8 Å². The summed E-state index contributed by atoms with van der Waals surface area (Å²) in [5.74, 6) is -0.227. The molecule has 1 aromatic carbocycles. The molecule has 1 saturated heterocycles. The molecule has 0 aliphatic carbocycles. The molecule has 0 radical (unpaired) electrons. The molecule has 0 saturated carbocycles. The first kappa shape index (κ1) is 19.8. The number of methoxy groups -OCH3 is 1. The van der Waals surface area contributed by atoms with E-state index in [0.29, 0.717) is 11.0 Å². The van der Waals surface area contributed by atoms with E-state index < -0.39 is 30.1 Å². The lowest BCUT2D eigenvalue weighted by atomic mass is 9.77. The second-order valence-electron chi connectivity index (χ2n) is 6.97.